The van der Waals surface area contributed by atoms with E-state index in [4.69, 9.17) is 11.6 Å². The van der Waals surface area contributed by atoms with Crippen molar-refractivity contribution in [3.05, 3.63) is 94.8 Å². The van der Waals surface area contributed by atoms with Crippen LogP contribution in [-0.2, 0) is 26.2 Å². The summed E-state index contributed by atoms with van der Waals surface area (Å²) in [4.78, 5) is 28.1. The Balaban J connectivity index is 2.04. The number of hydrogen-bond acceptors (Lipinski definition) is 4. The van der Waals surface area contributed by atoms with Crippen LogP contribution in [0.1, 0.15) is 31.9 Å². The van der Waals surface area contributed by atoms with Gasteiger partial charge < -0.3 is 10.2 Å². The second kappa shape index (κ2) is 13.1. The molecule has 1 atom stereocenters. The maximum absolute atomic E-state index is 14.6. The van der Waals surface area contributed by atoms with E-state index in [0.717, 1.165) is 4.31 Å². The number of rotatable bonds is 11. The van der Waals surface area contributed by atoms with Gasteiger partial charge in [0.05, 0.1) is 10.6 Å². The van der Waals surface area contributed by atoms with Gasteiger partial charge >= 0.3 is 0 Å². The molecule has 7 nitrogen and oxygen atoms in total. The van der Waals surface area contributed by atoms with E-state index in [9.17, 15) is 22.4 Å². The molecule has 0 radical (unpaired) electrons. The van der Waals surface area contributed by atoms with Crippen molar-refractivity contribution < 1.29 is 22.4 Å². The SMILES string of the molecule is Cc1cc(Cl)ccc1N(CC(=O)N(Cc1ccccc1F)[C@@H](C)C(=O)NCC(C)C)S(=O)(=O)c1ccccc1. The third-order valence-electron chi connectivity index (χ3n) is 6.19. The molecule has 0 aliphatic rings. The smallest absolute Gasteiger partial charge is 0.264 e. The Morgan fingerprint density at radius 3 is 2.23 bits per heavy atom. The van der Waals surface area contributed by atoms with Gasteiger partial charge in [-0.2, -0.15) is 0 Å². The third kappa shape index (κ3) is 7.58. The van der Waals surface area contributed by atoms with Crippen molar-refractivity contribution >= 4 is 39.1 Å². The summed E-state index contributed by atoms with van der Waals surface area (Å²) in [5.41, 5.74) is 1.01. The average Bonchev–Trinajstić information content (AvgIpc) is 2.90. The van der Waals surface area contributed by atoms with Crippen molar-refractivity contribution in [3.63, 3.8) is 0 Å². The number of hydrogen-bond donors (Lipinski definition) is 1. The minimum absolute atomic E-state index is 0.00414. The number of carbonyl (C=O) groups is 2. The van der Waals surface area contributed by atoms with Gasteiger partial charge in [0.2, 0.25) is 11.8 Å². The summed E-state index contributed by atoms with van der Waals surface area (Å²) in [7, 11) is -4.20. The largest absolute Gasteiger partial charge is 0.354 e. The van der Waals surface area contributed by atoms with E-state index in [1.807, 2.05) is 13.8 Å². The number of benzene rings is 3. The van der Waals surface area contributed by atoms with Gasteiger partial charge in [0.25, 0.3) is 10.0 Å². The molecule has 10 heteroatoms. The highest BCUT2D eigenvalue weighted by molar-refractivity contribution is 7.92. The van der Waals surface area contributed by atoms with Crippen LogP contribution in [0.4, 0.5) is 10.1 Å². The van der Waals surface area contributed by atoms with Gasteiger partial charge in [0.15, 0.2) is 0 Å². The normalized spacial score (nSPS) is 12.2. The van der Waals surface area contributed by atoms with Crippen molar-refractivity contribution in [1.82, 2.24) is 10.2 Å². The van der Waals surface area contributed by atoms with Crippen molar-refractivity contribution in [2.75, 3.05) is 17.4 Å². The molecule has 1 N–H and O–H groups in total. The topological polar surface area (TPSA) is 86.8 Å². The first kappa shape index (κ1) is 30.1. The zero-order valence-corrected chi connectivity index (χ0v) is 24.0. The van der Waals surface area contributed by atoms with Crippen molar-refractivity contribution in [2.24, 2.45) is 5.92 Å². The summed E-state index contributed by atoms with van der Waals surface area (Å²) in [6.45, 7) is 6.66. The summed E-state index contributed by atoms with van der Waals surface area (Å²) in [5.74, 6) is -1.45. The van der Waals surface area contributed by atoms with E-state index in [-0.39, 0.29) is 28.6 Å². The first-order valence-corrected chi connectivity index (χ1v) is 14.4. The highest BCUT2D eigenvalue weighted by Crippen LogP contribution is 2.29. The van der Waals surface area contributed by atoms with Gasteiger partial charge in [-0.25, -0.2) is 12.8 Å². The number of aryl methyl sites for hydroxylation is 1. The number of nitrogens with one attached hydrogen (secondary N) is 1. The molecular weight excluding hydrogens is 541 g/mol. The molecule has 0 saturated carbocycles. The Hall–Kier alpha value is -3.43. The van der Waals surface area contributed by atoms with Crippen LogP contribution in [0.25, 0.3) is 0 Å². The van der Waals surface area contributed by atoms with Crippen LogP contribution >= 0.6 is 11.6 Å². The van der Waals surface area contributed by atoms with Crippen LogP contribution in [-0.4, -0.2) is 44.3 Å². The molecule has 3 aromatic rings. The van der Waals surface area contributed by atoms with Gasteiger partial charge in [-0.15, -0.1) is 0 Å². The second-order valence-electron chi connectivity index (χ2n) is 9.68. The molecule has 0 heterocycles. The van der Waals surface area contributed by atoms with Gasteiger partial charge in [-0.05, 0) is 61.7 Å². The van der Waals surface area contributed by atoms with Crippen LogP contribution in [0.15, 0.2) is 77.7 Å². The fourth-order valence-electron chi connectivity index (χ4n) is 3.98. The van der Waals surface area contributed by atoms with Crippen LogP contribution in [0.3, 0.4) is 0 Å². The molecule has 3 rings (SSSR count). The maximum Gasteiger partial charge on any atom is 0.264 e. The molecule has 39 heavy (non-hydrogen) atoms. The summed E-state index contributed by atoms with van der Waals surface area (Å²) in [6, 6.07) is 17.4. The summed E-state index contributed by atoms with van der Waals surface area (Å²) < 4.78 is 43.2. The molecule has 0 aliphatic carbocycles. The molecule has 0 unspecified atom stereocenters. The number of sulfonamides is 1. The highest BCUT2D eigenvalue weighted by Gasteiger charge is 2.33. The Bertz CT molecular complexity index is 1420. The molecule has 3 aromatic carbocycles. The molecule has 0 saturated heterocycles. The predicted molar refractivity (Wildman–Crippen MR) is 151 cm³/mol. The maximum atomic E-state index is 14.6. The molecule has 2 amide bonds. The molecular formula is C29H33ClFN3O4S. The Morgan fingerprint density at radius 1 is 0.974 bits per heavy atom. The van der Waals surface area contributed by atoms with Gasteiger partial charge in [-0.3, -0.25) is 13.9 Å². The van der Waals surface area contributed by atoms with E-state index >= 15 is 0 Å². The lowest BCUT2D eigenvalue weighted by Gasteiger charge is -2.32. The molecule has 0 fully saturated rings. The summed E-state index contributed by atoms with van der Waals surface area (Å²) in [5, 5.41) is 3.21. The molecule has 0 spiro atoms. The zero-order valence-electron chi connectivity index (χ0n) is 22.4. The summed E-state index contributed by atoms with van der Waals surface area (Å²) in [6.07, 6.45) is 0. The van der Waals surface area contributed by atoms with Gasteiger partial charge in [0.1, 0.15) is 18.4 Å². The van der Waals surface area contributed by atoms with E-state index < -0.39 is 40.2 Å². The van der Waals surface area contributed by atoms with E-state index in [1.54, 1.807) is 43.3 Å². The Morgan fingerprint density at radius 2 is 1.62 bits per heavy atom. The third-order valence-corrected chi connectivity index (χ3v) is 8.20. The quantitative estimate of drug-likeness (QED) is 0.343. The number of carbonyl (C=O) groups excluding carboxylic acids is 2. The lowest BCUT2D eigenvalue weighted by molar-refractivity contribution is -0.139. The number of anilines is 1. The van der Waals surface area contributed by atoms with E-state index in [1.165, 1.54) is 48.2 Å². The fourth-order valence-corrected chi connectivity index (χ4v) is 5.70. The minimum atomic E-state index is -4.20. The van der Waals surface area contributed by atoms with E-state index in [0.29, 0.717) is 17.1 Å². The fraction of sp³-hybridized carbons (Fsp3) is 0.310. The Kier molecular flexibility index (Phi) is 10.1. The number of amides is 2. The van der Waals surface area contributed by atoms with Crippen LogP contribution < -0.4 is 9.62 Å². The second-order valence-corrected chi connectivity index (χ2v) is 12.0. The van der Waals surface area contributed by atoms with Gasteiger partial charge in [-0.1, -0.05) is 61.8 Å². The van der Waals surface area contributed by atoms with Crippen molar-refractivity contribution in [2.45, 2.75) is 45.2 Å². The Labute approximate surface area is 234 Å². The summed E-state index contributed by atoms with van der Waals surface area (Å²) >= 11 is 6.12. The van der Waals surface area contributed by atoms with Crippen molar-refractivity contribution in [3.8, 4) is 0 Å². The van der Waals surface area contributed by atoms with Crippen LogP contribution in [0.2, 0.25) is 5.02 Å². The zero-order chi connectivity index (χ0) is 28.7. The average molecular weight is 574 g/mol. The number of nitrogens with zero attached hydrogens (tertiary/aromatic N) is 2. The lowest BCUT2D eigenvalue weighted by Crippen LogP contribution is -2.51. The van der Waals surface area contributed by atoms with Crippen molar-refractivity contribution in [1.29, 1.82) is 0 Å². The monoisotopic (exact) mass is 573 g/mol. The number of halogens is 2. The molecule has 0 bridgehead atoms. The van der Waals surface area contributed by atoms with E-state index in [2.05, 4.69) is 5.32 Å². The van der Waals surface area contributed by atoms with Crippen LogP contribution in [0.5, 0.6) is 0 Å². The predicted octanol–water partition coefficient (Wildman–Crippen LogP) is 5.17. The van der Waals surface area contributed by atoms with Crippen LogP contribution in [0, 0.1) is 18.7 Å². The first-order chi connectivity index (χ1) is 18.4. The highest BCUT2D eigenvalue weighted by atomic mass is 35.5. The lowest BCUT2D eigenvalue weighted by atomic mass is 10.1. The molecule has 0 aliphatic heterocycles. The van der Waals surface area contributed by atoms with Gasteiger partial charge in [0, 0.05) is 23.7 Å². The first-order valence-electron chi connectivity index (χ1n) is 12.6. The molecule has 0 aromatic heterocycles. The molecule has 208 valence electrons. The standard InChI is InChI=1S/C29H33ClFN3O4S/c1-20(2)17-32-29(36)22(4)33(18-23-10-8-9-13-26(23)31)28(35)19-34(27-15-14-24(30)16-21(27)3)39(37,38)25-11-6-5-7-12-25/h5-16,20,22H,17-19H2,1-4H3,(H,32,36)/t22-/m0/s1. The minimum Gasteiger partial charge on any atom is -0.354 e.